The van der Waals surface area contributed by atoms with E-state index in [1.54, 1.807) is 42.3 Å². The quantitative estimate of drug-likeness (QED) is 0.480. The van der Waals surface area contributed by atoms with Gasteiger partial charge in [-0.25, -0.2) is 4.79 Å². The Hall–Kier alpha value is -3.50. The maximum absolute atomic E-state index is 12.4. The minimum absolute atomic E-state index is 0.0349. The number of aromatic nitrogens is 4. The normalized spacial score (nSPS) is 20.2. The van der Waals surface area contributed by atoms with Gasteiger partial charge in [-0.05, 0) is 55.7 Å². The minimum atomic E-state index is -0.467. The molecular formula is C23H28N6O4. The summed E-state index contributed by atoms with van der Waals surface area (Å²) in [5.74, 6) is 0.715. The van der Waals surface area contributed by atoms with Crippen LogP contribution in [0.25, 0.3) is 11.4 Å². The second kappa shape index (κ2) is 10.9. The Morgan fingerprint density at radius 3 is 2.79 bits per heavy atom. The Bertz CT molecular complexity index is 1030. The largest absolute Gasteiger partial charge is 0.497 e. The molecule has 2 aromatic heterocycles. The first-order chi connectivity index (χ1) is 16.1. The van der Waals surface area contributed by atoms with E-state index in [4.69, 9.17) is 9.47 Å². The first-order valence-corrected chi connectivity index (χ1v) is 10.9. The van der Waals surface area contributed by atoms with Crippen molar-refractivity contribution in [1.29, 1.82) is 0 Å². The first kappa shape index (κ1) is 22.7. The van der Waals surface area contributed by atoms with E-state index in [9.17, 15) is 9.90 Å². The number of anilines is 1. The average Bonchev–Trinajstić information content (AvgIpc) is 3.33. The summed E-state index contributed by atoms with van der Waals surface area (Å²) in [7, 11) is 1.59. The van der Waals surface area contributed by atoms with Crippen LogP contribution in [0.3, 0.4) is 0 Å². The SMILES string of the molecule is COc1ccc(NC(=O)N[C@@H]2CC[C@H](CCn3cc(-c4ccccn4)nn3)O[C@H]2CO)cc1. The molecular weight excluding hydrogens is 424 g/mol. The van der Waals surface area contributed by atoms with Gasteiger partial charge >= 0.3 is 6.03 Å². The van der Waals surface area contributed by atoms with Gasteiger partial charge in [0.05, 0.1) is 37.8 Å². The number of carbonyl (C=O) groups excluding carboxylic acids is 1. The van der Waals surface area contributed by atoms with Crippen LogP contribution in [0.2, 0.25) is 0 Å². The maximum Gasteiger partial charge on any atom is 0.319 e. The highest BCUT2D eigenvalue weighted by atomic mass is 16.5. The zero-order valence-corrected chi connectivity index (χ0v) is 18.4. The Kier molecular flexibility index (Phi) is 7.48. The number of nitrogens with zero attached hydrogens (tertiary/aromatic N) is 4. The number of carbonyl (C=O) groups is 1. The summed E-state index contributed by atoms with van der Waals surface area (Å²) in [5, 5.41) is 23.9. The van der Waals surface area contributed by atoms with Gasteiger partial charge in [0.1, 0.15) is 17.5 Å². The standard InChI is InChI=1S/C23H28N6O4/c1-32-17-7-5-16(6-8-17)25-23(31)26-20-10-9-18(33-22(20)15-30)11-13-29-14-21(27-28-29)19-4-2-3-12-24-19/h2-8,12,14,18,20,22,30H,9-11,13,15H2,1H3,(H2,25,26,31)/t18-,20-,22+/m1/s1. The highest BCUT2D eigenvalue weighted by Crippen LogP contribution is 2.23. The summed E-state index contributed by atoms with van der Waals surface area (Å²) in [4.78, 5) is 16.7. The maximum atomic E-state index is 12.4. The predicted octanol–water partition coefficient (Wildman–Crippen LogP) is 2.47. The van der Waals surface area contributed by atoms with Gasteiger partial charge in [0.25, 0.3) is 0 Å². The molecule has 174 valence electrons. The second-order valence-electron chi connectivity index (χ2n) is 7.86. The summed E-state index contributed by atoms with van der Waals surface area (Å²) in [6.07, 6.45) is 5.29. The van der Waals surface area contributed by atoms with E-state index in [0.29, 0.717) is 24.4 Å². The predicted molar refractivity (Wildman–Crippen MR) is 122 cm³/mol. The molecule has 10 heteroatoms. The van der Waals surface area contributed by atoms with E-state index in [1.165, 1.54) is 0 Å². The molecule has 0 spiro atoms. The zero-order chi connectivity index (χ0) is 23.0. The second-order valence-corrected chi connectivity index (χ2v) is 7.86. The number of methoxy groups -OCH3 is 1. The van der Waals surface area contributed by atoms with Gasteiger partial charge in [-0.3, -0.25) is 9.67 Å². The van der Waals surface area contributed by atoms with Crippen LogP contribution in [-0.4, -0.2) is 63.1 Å². The summed E-state index contributed by atoms with van der Waals surface area (Å²) in [6.45, 7) is 0.468. The topological polar surface area (TPSA) is 123 Å². The van der Waals surface area contributed by atoms with Crippen molar-refractivity contribution >= 4 is 11.7 Å². The highest BCUT2D eigenvalue weighted by Gasteiger charge is 2.31. The molecule has 1 fully saturated rings. The third kappa shape index (κ3) is 6.05. The number of aliphatic hydroxyl groups is 1. The van der Waals surface area contributed by atoms with Crippen molar-refractivity contribution in [2.24, 2.45) is 0 Å². The van der Waals surface area contributed by atoms with E-state index in [2.05, 4.69) is 25.9 Å². The van der Waals surface area contributed by atoms with Crippen LogP contribution in [0, 0.1) is 0 Å². The Labute approximate surface area is 191 Å². The lowest BCUT2D eigenvalue weighted by atomic mass is 9.97. The Morgan fingerprint density at radius 1 is 1.21 bits per heavy atom. The van der Waals surface area contributed by atoms with Crippen molar-refractivity contribution in [2.45, 2.75) is 44.1 Å². The molecule has 0 unspecified atom stereocenters. The molecule has 33 heavy (non-hydrogen) atoms. The Morgan fingerprint density at radius 2 is 2.06 bits per heavy atom. The fraction of sp³-hybridized carbons (Fsp3) is 0.391. The lowest BCUT2D eigenvalue weighted by Crippen LogP contribution is -2.52. The molecule has 0 bridgehead atoms. The molecule has 0 aliphatic carbocycles. The first-order valence-electron chi connectivity index (χ1n) is 10.9. The van der Waals surface area contributed by atoms with Crippen LogP contribution in [0.4, 0.5) is 10.5 Å². The van der Waals surface area contributed by atoms with Gasteiger partial charge in [0.15, 0.2) is 0 Å². The van der Waals surface area contributed by atoms with Gasteiger partial charge in [-0.2, -0.15) is 0 Å². The number of aliphatic hydroxyl groups excluding tert-OH is 1. The lowest BCUT2D eigenvalue weighted by Gasteiger charge is -2.36. The minimum Gasteiger partial charge on any atom is -0.497 e. The molecule has 4 rings (SSSR count). The molecule has 0 saturated carbocycles. The van der Waals surface area contributed by atoms with Crippen molar-refractivity contribution in [3.05, 3.63) is 54.9 Å². The molecule has 1 aromatic carbocycles. The smallest absolute Gasteiger partial charge is 0.319 e. The molecule has 2 amide bonds. The van der Waals surface area contributed by atoms with E-state index < -0.39 is 6.10 Å². The average molecular weight is 453 g/mol. The number of pyridine rings is 1. The molecule has 1 aliphatic rings. The summed E-state index contributed by atoms with van der Waals surface area (Å²) in [6, 6.07) is 12.1. The van der Waals surface area contributed by atoms with Crippen LogP contribution in [0.5, 0.6) is 5.75 Å². The van der Waals surface area contributed by atoms with Crippen LogP contribution < -0.4 is 15.4 Å². The van der Waals surface area contributed by atoms with Crippen LogP contribution in [-0.2, 0) is 11.3 Å². The van der Waals surface area contributed by atoms with Crippen LogP contribution >= 0.6 is 0 Å². The van der Waals surface area contributed by atoms with Crippen molar-refractivity contribution in [3.8, 4) is 17.1 Å². The molecule has 3 heterocycles. The van der Waals surface area contributed by atoms with Crippen molar-refractivity contribution < 1.29 is 19.4 Å². The third-order valence-corrected chi connectivity index (χ3v) is 5.61. The molecule has 3 atom stereocenters. The molecule has 10 nitrogen and oxygen atoms in total. The lowest BCUT2D eigenvalue weighted by molar-refractivity contribution is -0.0905. The monoisotopic (exact) mass is 452 g/mol. The third-order valence-electron chi connectivity index (χ3n) is 5.61. The number of amides is 2. The van der Waals surface area contributed by atoms with Crippen molar-refractivity contribution in [1.82, 2.24) is 25.3 Å². The van der Waals surface area contributed by atoms with E-state index in [1.807, 2.05) is 24.4 Å². The number of urea groups is 1. The number of aryl methyl sites for hydroxylation is 1. The number of hydrogen-bond acceptors (Lipinski definition) is 7. The zero-order valence-electron chi connectivity index (χ0n) is 18.4. The number of hydrogen-bond donors (Lipinski definition) is 3. The van der Waals surface area contributed by atoms with Gasteiger partial charge in [-0.15, -0.1) is 5.10 Å². The van der Waals surface area contributed by atoms with Crippen molar-refractivity contribution in [2.75, 3.05) is 19.0 Å². The Balaban J connectivity index is 1.25. The molecule has 1 saturated heterocycles. The van der Waals surface area contributed by atoms with E-state index >= 15 is 0 Å². The van der Waals surface area contributed by atoms with E-state index in [-0.39, 0.29) is 24.8 Å². The molecule has 0 radical (unpaired) electrons. The number of benzene rings is 1. The van der Waals surface area contributed by atoms with Crippen LogP contribution in [0.1, 0.15) is 19.3 Å². The van der Waals surface area contributed by atoms with Gasteiger partial charge in [0, 0.05) is 18.4 Å². The molecule has 3 N–H and O–H groups in total. The highest BCUT2D eigenvalue weighted by molar-refractivity contribution is 5.89. The van der Waals surface area contributed by atoms with Gasteiger partial charge in [0.2, 0.25) is 0 Å². The van der Waals surface area contributed by atoms with Gasteiger partial charge < -0.3 is 25.2 Å². The summed E-state index contributed by atoms with van der Waals surface area (Å²) in [5.41, 5.74) is 2.15. The molecule has 1 aliphatic heterocycles. The van der Waals surface area contributed by atoms with Gasteiger partial charge in [-0.1, -0.05) is 11.3 Å². The number of rotatable bonds is 8. The van der Waals surface area contributed by atoms with Crippen LogP contribution in [0.15, 0.2) is 54.9 Å². The molecule has 3 aromatic rings. The van der Waals surface area contributed by atoms with Crippen molar-refractivity contribution in [3.63, 3.8) is 0 Å². The fourth-order valence-corrected chi connectivity index (χ4v) is 3.83. The summed E-state index contributed by atoms with van der Waals surface area (Å²) < 4.78 is 13.0. The number of nitrogens with one attached hydrogen (secondary N) is 2. The van der Waals surface area contributed by atoms with E-state index in [0.717, 1.165) is 24.2 Å². The number of ether oxygens (including phenoxy) is 2. The fourth-order valence-electron chi connectivity index (χ4n) is 3.83. The summed E-state index contributed by atoms with van der Waals surface area (Å²) >= 11 is 0.